The van der Waals surface area contributed by atoms with Crippen molar-refractivity contribution in [1.29, 1.82) is 0 Å². The Morgan fingerprint density at radius 2 is 1.90 bits per heavy atom. The monoisotopic (exact) mass is 292 g/mol. The molecule has 1 heterocycles. The lowest BCUT2D eigenvalue weighted by molar-refractivity contribution is -0.131. The first-order valence-corrected chi connectivity index (χ1v) is 9.25. The van der Waals surface area contributed by atoms with E-state index >= 15 is 0 Å². The zero-order chi connectivity index (χ0) is 14.8. The normalized spacial score (nSPS) is 38.4. The van der Waals surface area contributed by atoms with Gasteiger partial charge in [0.2, 0.25) is 5.91 Å². The fraction of sp³-hybridized carbons (Fsp3) is 0.944. The molecule has 0 radical (unpaired) electrons. The predicted molar refractivity (Wildman–Crippen MR) is 85.8 cm³/mol. The highest BCUT2D eigenvalue weighted by molar-refractivity contribution is 5.84. The van der Waals surface area contributed by atoms with Crippen LogP contribution in [0.5, 0.6) is 0 Å². The first-order chi connectivity index (χ1) is 10.2. The van der Waals surface area contributed by atoms with Crippen LogP contribution in [0.3, 0.4) is 0 Å². The van der Waals surface area contributed by atoms with Crippen molar-refractivity contribution in [2.75, 3.05) is 6.54 Å². The number of nitrogens with zero attached hydrogens (tertiary/aromatic N) is 1. The second-order valence-corrected chi connectivity index (χ2v) is 7.75. The fourth-order valence-electron chi connectivity index (χ4n) is 4.87. The number of nitrogens with one attached hydrogen (secondary N) is 1. The van der Waals surface area contributed by atoms with Crippen LogP contribution in [0.25, 0.3) is 0 Å². The molecule has 3 fully saturated rings. The van der Waals surface area contributed by atoms with Crippen LogP contribution in [-0.4, -0.2) is 29.6 Å². The van der Waals surface area contributed by atoms with Crippen molar-refractivity contribution in [2.45, 2.75) is 83.8 Å². The van der Waals surface area contributed by atoms with E-state index in [0.29, 0.717) is 18.0 Å². The molecule has 0 aromatic heterocycles. The van der Waals surface area contributed by atoms with Crippen molar-refractivity contribution in [3.63, 3.8) is 0 Å². The van der Waals surface area contributed by atoms with Crippen LogP contribution in [0.2, 0.25) is 0 Å². The number of rotatable bonds is 4. The molecule has 0 bridgehead atoms. The van der Waals surface area contributed by atoms with E-state index in [4.69, 9.17) is 0 Å². The van der Waals surface area contributed by atoms with Gasteiger partial charge in [0.05, 0.1) is 12.2 Å². The van der Waals surface area contributed by atoms with E-state index in [1.165, 1.54) is 51.4 Å². The molecular formula is C18H32N2O. The van der Waals surface area contributed by atoms with Crippen LogP contribution < -0.4 is 5.32 Å². The molecule has 1 aliphatic heterocycles. The summed E-state index contributed by atoms with van der Waals surface area (Å²) in [5.41, 5.74) is 0. The molecule has 1 N–H and O–H groups in total. The number of carbonyl (C=O) groups excluding carboxylic acids is 1. The molecule has 1 amide bonds. The molecule has 120 valence electrons. The molecule has 3 aliphatic rings. The lowest BCUT2D eigenvalue weighted by Gasteiger charge is -2.35. The topological polar surface area (TPSA) is 32.3 Å². The Balaban J connectivity index is 1.67. The maximum atomic E-state index is 12.7. The van der Waals surface area contributed by atoms with Crippen LogP contribution in [0.15, 0.2) is 0 Å². The average Bonchev–Trinajstić information content (AvgIpc) is 3.09. The summed E-state index contributed by atoms with van der Waals surface area (Å²) in [7, 11) is 0. The molecule has 1 saturated heterocycles. The first-order valence-electron chi connectivity index (χ1n) is 9.25. The van der Waals surface area contributed by atoms with Gasteiger partial charge in [-0.15, -0.1) is 0 Å². The van der Waals surface area contributed by atoms with Crippen LogP contribution in [0.1, 0.15) is 71.6 Å². The second-order valence-electron chi connectivity index (χ2n) is 7.75. The summed E-state index contributed by atoms with van der Waals surface area (Å²) in [6.45, 7) is 5.51. The minimum absolute atomic E-state index is 0.0802. The Morgan fingerprint density at radius 3 is 2.57 bits per heavy atom. The van der Waals surface area contributed by atoms with Gasteiger partial charge in [0, 0.05) is 6.54 Å². The first kappa shape index (κ1) is 15.3. The predicted octanol–water partition coefficient (Wildman–Crippen LogP) is 3.54. The largest absolute Gasteiger partial charge is 0.325 e. The van der Waals surface area contributed by atoms with E-state index in [-0.39, 0.29) is 6.04 Å². The van der Waals surface area contributed by atoms with Crippen molar-refractivity contribution >= 4 is 5.91 Å². The highest BCUT2D eigenvalue weighted by atomic mass is 16.2. The molecule has 4 atom stereocenters. The molecule has 2 saturated carbocycles. The minimum atomic E-state index is 0.0802. The van der Waals surface area contributed by atoms with Crippen molar-refractivity contribution in [3.05, 3.63) is 0 Å². The Hall–Kier alpha value is -0.570. The van der Waals surface area contributed by atoms with Gasteiger partial charge in [0.25, 0.3) is 0 Å². The van der Waals surface area contributed by atoms with Gasteiger partial charge in [-0.05, 0) is 49.9 Å². The Kier molecular flexibility index (Phi) is 4.88. The summed E-state index contributed by atoms with van der Waals surface area (Å²) in [6.07, 6.45) is 11.9. The number of hydrogen-bond acceptors (Lipinski definition) is 2. The van der Waals surface area contributed by atoms with Gasteiger partial charge in [0.15, 0.2) is 0 Å². The summed E-state index contributed by atoms with van der Waals surface area (Å²) in [4.78, 5) is 15.0. The highest BCUT2D eigenvalue weighted by Gasteiger charge is 2.43. The number of hydrogen-bond donors (Lipinski definition) is 1. The van der Waals surface area contributed by atoms with Crippen molar-refractivity contribution in [1.82, 2.24) is 10.2 Å². The lowest BCUT2D eigenvalue weighted by Crippen LogP contribution is -2.45. The Morgan fingerprint density at radius 1 is 1.14 bits per heavy atom. The third kappa shape index (κ3) is 3.28. The standard InChI is InChI=1S/C18H32N2O/c1-3-16-18(21)20(12-14-8-6-7-13(2)11-14)17(19-16)15-9-4-5-10-15/h13-17,19H,3-12H2,1-2H3. The van der Waals surface area contributed by atoms with Gasteiger partial charge in [-0.1, -0.05) is 39.5 Å². The summed E-state index contributed by atoms with van der Waals surface area (Å²) in [5, 5.41) is 3.66. The summed E-state index contributed by atoms with van der Waals surface area (Å²) in [6, 6.07) is 0.0802. The number of carbonyl (C=O) groups is 1. The van der Waals surface area contributed by atoms with Gasteiger partial charge in [-0.2, -0.15) is 0 Å². The number of amides is 1. The SMILES string of the molecule is CCC1NC(C2CCCC2)N(CC2CCCC(C)C2)C1=O. The van der Waals surface area contributed by atoms with Gasteiger partial charge in [0.1, 0.15) is 0 Å². The molecule has 3 heteroatoms. The Labute approximate surface area is 129 Å². The van der Waals surface area contributed by atoms with Gasteiger partial charge < -0.3 is 4.90 Å². The van der Waals surface area contributed by atoms with E-state index < -0.39 is 0 Å². The molecule has 3 nitrogen and oxygen atoms in total. The molecular weight excluding hydrogens is 260 g/mol. The quantitative estimate of drug-likeness (QED) is 0.859. The Bertz CT molecular complexity index is 364. The summed E-state index contributed by atoms with van der Waals surface area (Å²) < 4.78 is 0. The lowest BCUT2D eigenvalue weighted by atomic mass is 9.82. The maximum absolute atomic E-state index is 12.7. The molecule has 3 rings (SSSR count). The van der Waals surface area contributed by atoms with Crippen molar-refractivity contribution in [3.8, 4) is 0 Å². The van der Waals surface area contributed by atoms with Crippen LogP contribution in [0, 0.1) is 17.8 Å². The average molecular weight is 292 g/mol. The molecule has 0 aromatic carbocycles. The molecule has 4 unspecified atom stereocenters. The van der Waals surface area contributed by atoms with Gasteiger partial charge >= 0.3 is 0 Å². The molecule has 2 aliphatic carbocycles. The van der Waals surface area contributed by atoms with Crippen LogP contribution in [-0.2, 0) is 4.79 Å². The van der Waals surface area contributed by atoms with Gasteiger partial charge in [-0.25, -0.2) is 0 Å². The van der Waals surface area contributed by atoms with E-state index in [9.17, 15) is 4.79 Å². The summed E-state index contributed by atoms with van der Waals surface area (Å²) >= 11 is 0. The minimum Gasteiger partial charge on any atom is -0.325 e. The van der Waals surface area contributed by atoms with Gasteiger partial charge in [-0.3, -0.25) is 10.1 Å². The fourth-order valence-corrected chi connectivity index (χ4v) is 4.87. The zero-order valence-electron chi connectivity index (χ0n) is 13.8. The molecule has 21 heavy (non-hydrogen) atoms. The zero-order valence-corrected chi connectivity index (χ0v) is 13.8. The van der Waals surface area contributed by atoms with E-state index in [1.54, 1.807) is 0 Å². The van der Waals surface area contributed by atoms with Crippen LogP contribution >= 0.6 is 0 Å². The van der Waals surface area contributed by atoms with Crippen LogP contribution in [0.4, 0.5) is 0 Å². The van der Waals surface area contributed by atoms with E-state index in [1.807, 2.05) is 0 Å². The summed E-state index contributed by atoms with van der Waals surface area (Å²) in [5.74, 6) is 2.67. The third-order valence-electron chi connectivity index (χ3n) is 6.04. The van der Waals surface area contributed by atoms with Crippen molar-refractivity contribution in [2.24, 2.45) is 17.8 Å². The maximum Gasteiger partial charge on any atom is 0.241 e. The van der Waals surface area contributed by atoms with E-state index in [0.717, 1.165) is 24.8 Å². The third-order valence-corrected chi connectivity index (χ3v) is 6.04. The second kappa shape index (κ2) is 6.68. The van der Waals surface area contributed by atoms with E-state index in [2.05, 4.69) is 24.1 Å². The molecule has 0 aromatic rings. The molecule has 0 spiro atoms. The highest BCUT2D eigenvalue weighted by Crippen LogP contribution is 2.35. The smallest absolute Gasteiger partial charge is 0.241 e. The van der Waals surface area contributed by atoms with Crippen molar-refractivity contribution < 1.29 is 4.79 Å².